The van der Waals surface area contributed by atoms with E-state index in [1.54, 1.807) is 13.3 Å². The Labute approximate surface area is 160 Å². The lowest BCUT2D eigenvalue weighted by Gasteiger charge is -2.20. The predicted octanol–water partition coefficient (Wildman–Crippen LogP) is 1.11. The second kappa shape index (κ2) is 7.66. The van der Waals surface area contributed by atoms with Crippen molar-refractivity contribution in [3.63, 3.8) is 0 Å². The average Bonchev–Trinajstić information content (AvgIpc) is 3.14. The minimum absolute atomic E-state index is 0.0963. The molecule has 2 aliphatic rings. The van der Waals surface area contributed by atoms with Crippen molar-refractivity contribution in [1.82, 2.24) is 20.2 Å². The number of ketones is 1. The summed E-state index contributed by atoms with van der Waals surface area (Å²) in [5, 5.41) is 10.6. The van der Waals surface area contributed by atoms with E-state index >= 15 is 0 Å². The fourth-order valence-electron chi connectivity index (χ4n) is 3.36. The summed E-state index contributed by atoms with van der Waals surface area (Å²) in [4.78, 5) is 21.8. The number of nitrogens with zero attached hydrogens (tertiary/aromatic N) is 4. The number of ether oxygens (including phenoxy) is 2. The van der Waals surface area contributed by atoms with Gasteiger partial charge < -0.3 is 9.47 Å². The minimum Gasteiger partial charge on any atom is -0.499 e. The number of Topliss-reactive ketones (excluding diaryl/α,β-unsaturated/α-hetero) is 1. The molecule has 1 aliphatic carbocycles. The van der Waals surface area contributed by atoms with E-state index in [4.69, 9.17) is 14.5 Å². The first-order valence-corrected chi connectivity index (χ1v) is 9.70. The van der Waals surface area contributed by atoms with E-state index in [0.29, 0.717) is 17.3 Å². The zero-order chi connectivity index (χ0) is 18.8. The molecule has 140 valence electrons. The lowest BCUT2D eigenvalue weighted by molar-refractivity contribution is 0.0990. The number of carbonyl (C=O) groups excluding carboxylic acids is 1. The number of aryl methyl sites for hydroxylation is 1. The third kappa shape index (κ3) is 3.68. The molecule has 0 radical (unpaired) electrons. The second-order valence-corrected chi connectivity index (χ2v) is 7.63. The molecule has 0 bridgehead atoms. The Morgan fingerprint density at radius 1 is 1.26 bits per heavy atom. The van der Waals surface area contributed by atoms with Gasteiger partial charge in [0.2, 0.25) is 0 Å². The quantitative estimate of drug-likeness (QED) is 0.714. The normalized spacial score (nSPS) is 16.7. The van der Waals surface area contributed by atoms with Crippen LogP contribution >= 0.6 is 11.3 Å². The van der Waals surface area contributed by atoms with Gasteiger partial charge in [0.15, 0.2) is 10.8 Å². The molecule has 0 spiro atoms. The van der Waals surface area contributed by atoms with Crippen molar-refractivity contribution in [3.05, 3.63) is 44.3 Å². The third-order valence-corrected chi connectivity index (χ3v) is 5.56. The van der Waals surface area contributed by atoms with Crippen molar-refractivity contribution in [3.8, 4) is 0 Å². The van der Waals surface area contributed by atoms with Crippen LogP contribution in [0.15, 0.2) is 17.8 Å². The lowest BCUT2D eigenvalue weighted by Crippen LogP contribution is -2.40. The first-order chi connectivity index (χ1) is 13.2. The highest BCUT2D eigenvalue weighted by Crippen LogP contribution is 2.25. The summed E-state index contributed by atoms with van der Waals surface area (Å²) in [6.45, 7) is 3.19. The van der Waals surface area contributed by atoms with Gasteiger partial charge in [0.1, 0.15) is 16.1 Å². The van der Waals surface area contributed by atoms with Crippen LogP contribution in [-0.4, -0.2) is 46.3 Å². The van der Waals surface area contributed by atoms with Crippen molar-refractivity contribution >= 4 is 28.5 Å². The fraction of sp³-hybridized carbons (Fsp3) is 0.421. The fourth-order valence-corrected chi connectivity index (χ4v) is 3.99. The number of hydrogen-bond donors (Lipinski definition) is 0. The van der Waals surface area contributed by atoms with Gasteiger partial charge in [-0.05, 0) is 30.9 Å². The molecule has 3 heterocycles. The van der Waals surface area contributed by atoms with E-state index in [9.17, 15) is 4.79 Å². The molecule has 2 aromatic rings. The molecule has 8 heteroatoms. The van der Waals surface area contributed by atoms with Gasteiger partial charge in [-0.15, -0.1) is 10.2 Å². The molecule has 7 nitrogen and oxygen atoms in total. The largest absolute Gasteiger partial charge is 0.499 e. The first kappa shape index (κ1) is 17.9. The van der Waals surface area contributed by atoms with Crippen LogP contribution in [0.3, 0.4) is 0 Å². The molecule has 0 atom stereocenters. The van der Waals surface area contributed by atoms with Crippen molar-refractivity contribution in [2.75, 3.05) is 20.3 Å². The van der Waals surface area contributed by atoms with Gasteiger partial charge in [-0.2, -0.15) is 0 Å². The Morgan fingerprint density at radius 3 is 2.85 bits per heavy atom. The number of methoxy groups -OCH3 is 1. The van der Waals surface area contributed by atoms with E-state index in [0.717, 1.165) is 47.3 Å². The molecule has 27 heavy (non-hydrogen) atoms. The van der Waals surface area contributed by atoms with E-state index < -0.39 is 0 Å². The Hall–Kier alpha value is -2.45. The average molecular weight is 384 g/mol. The molecule has 1 aliphatic heterocycles. The molecule has 4 rings (SSSR count). The van der Waals surface area contributed by atoms with Gasteiger partial charge in [0.25, 0.3) is 0 Å². The van der Waals surface area contributed by atoms with Crippen LogP contribution < -0.4 is 10.7 Å². The monoisotopic (exact) mass is 384 g/mol. The Kier molecular flexibility index (Phi) is 5.09. The molecule has 0 aromatic carbocycles. The highest BCUT2D eigenvalue weighted by Gasteiger charge is 2.20. The maximum Gasteiger partial charge on any atom is 0.199 e. The molecule has 0 saturated heterocycles. The Balaban J connectivity index is 1.74. The Bertz CT molecular complexity index is 1040. The second-order valence-electron chi connectivity index (χ2n) is 6.44. The summed E-state index contributed by atoms with van der Waals surface area (Å²) in [5.74, 6) is 0.718. The summed E-state index contributed by atoms with van der Waals surface area (Å²) in [5.41, 5.74) is 3.10. The maximum atomic E-state index is 12.4. The minimum atomic E-state index is -0.0963. The van der Waals surface area contributed by atoms with Gasteiger partial charge >= 0.3 is 0 Å². The highest BCUT2D eigenvalue weighted by atomic mass is 32.1. The van der Waals surface area contributed by atoms with Gasteiger partial charge in [0.05, 0.1) is 37.8 Å². The number of carbonyl (C=O) groups is 1. The zero-order valence-corrected chi connectivity index (χ0v) is 16.1. The summed E-state index contributed by atoms with van der Waals surface area (Å²) in [7, 11) is 1.65. The van der Waals surface area contributed by atoms with Crippen LogP contribution in [0.1, 0.15) is 39.8 Å². The molecular weight excluding hydrogens is 364 g/mol. The van der Waals surface area contributed by atoms with Crippen LogP contribution in [-0.2, 0) is 15.9 Å². The lowest BCUT2D eigenvalue weighted by atomic mass is 9.93. The van der Waals surface area contributed by atoms with E-state index in [1.165, 1.54) is 22.5 Å². The third-order valence-electron chi connectivity index (χ3n) is 4.68. The zero-order valence-electron chi connectivity index (χ0n) is 15.3. The van der Waals surface area contributed by atoms with E-state index in [2.05, 4.69) is 21.3 Å². The van der Waals surface area contributed by atoms with Gasteiger partial charge in [-0.25, -0.2) is 4.98 Å². The van der Waals surface area contributed by atoms with E-state index in [-0.39, 0.29) is 12.2 Å². The number of rotatable bonds is 5. The molecular formula is C19H20N4O3S. The smallest absolute Gasteiger partial charge is 0.199 e. The van der Waals surface area contributed by atoms with Crippen LogP contribution in [0.5, 0.6) is 0 Å². The van der Waals surface area contributed by atoms with Crippen LogP contribution in [0.2, 0.25) is 0 Å². The molecule has 0 amide bonds. The van der Waals surface area contributed by atoms with Crippen LogP contribution in [0, 0.1) is 6.92 Å². The molecule has 0 fully saturated rings. The summed E-state index contributed by atoms with van der Waals surface area (Å²) < 4.78 is 11.0. The van der Waals surface area contributed by atoms with Gasteiger partial charge in [0, 0.05) is 12.6 Å². The molecule has 0 saturated carbocycles. The SMILES string of the molecule is COC1=c2nc(CC(=O)c3nnc(C)s3)cnc2=C(C2=CCOCC2)CC1. The van der Waals surface area contributed by atoms with Crippen molar-refractivity contribution < 1.29 is 14.3 Å². The first-order valence-electron chi connectivity index (χ1n) is 8.88. The van der Waals surface area contributed by atoms with Gasteiger partial charge in [-0.3, -0.25) is 9.78 Å². The number of aromatic nitrogens is 4. The topological polar surface area (TPSA) is 87.1 Å². The summed E-state index contributed by atoms with van der Waals surface area (Å²) >= 11 is 1.29. The van der Waals surface area contributed by atoms with Crippen molar-refractivity contribution in [1.29, 1.82) is 0 Å². The van der Waals surface area contributed by atoms with Crippen molar-refractivity contribution in [2.45, 2.75) is 32.6 Å². The number of hydrogen-bond acceptors (Lipinski definition) is 8. The molecule has 0 N–H and O–H groups in total. The summed E-state index contributed by atoms with van der Waals surface area (Å²) in [6, 6.07) is 0. The van der Waals surface area contributed by atoms with Gasteiger partial charge in [-0.1, -0.05) is 17.4 Å². The number of fused-ring (bicyclic) bond motifs is 1. The molecule has 2 aromatic heterocycles. The predicted molar refractivity (Wildman–Crippen MR) is 101 cm³/mol. The summed E-state index contributed by atoms with van der Waals surface area (Å²) in [6.07, 6.45) is 6.49. The standard InChI is InChI=1S/C19H20N4O3S/c1-11-22-23-19(27-11)15(24)9-13-10-20-17-14(12-5-7-26-8-6-12)3-4-16(25-2)18(17)21-13/h5,10H,3-4,6-9H2,1-2H3. The van der Waals surface area contributed by atoms with Crippen molar-refractivity contribution in [2.24, 2.45) is 0 Å². The Morgan fingerprint density at radius 2 is 2.15 bits per heavy atom. The van der Waals surface area contributed by atoms with E-state index in [1.807, 2.05) is 6.92 Å². The van der Waals surface area contributed by atoms with Crippen LogP contribution in [0.4, 0.5) is 0 Å². The highest BCUT2D eigenvalue weighted by molar-refractivity contribution is 7.13. The maximum absolute atomic E-state index is 12.4. The molecule has 0 unspecified atom stereocenters. The van der Waals surface area contributed by atoms with Crippen LogP contribution in [0.25, 0.3) is 11.3 Å².